The first-order valence-corrected chi connectivity index (χ1v) is 6.33. The predicted octanol–water partition coefficient (Wildman–Crippen LogP) is 1.20. The molecule has 0 radical (unpaired) electrons. The molecule has 0 aromatic carbocycles. The van der Waals surface area contributed by atoms with E-state index in [0.717, 1.165) is 24.1 Å². The maximum Gasteiger partial charge on any atom is 0.166 e. The molecule has 1 unspecified atom stereocenters. The van der Waals surface area contributed by atoms with Gasteiger partial charge in [0.25, 0.3) is 0 Å². The van der Waals surface area contributed by atoms with Crippen LogP contribution in [-0.4, -0.2) is 43.2 Å². The molecule has 0 spiro atoms. The Morgan fingerprint density at radius 1 is 1.47 bits per heavy atom. The minimum Gasteiger partial charge on any atom is -0.363 e. The maximum absolute atomic E-state index is 5.20. The summed E-state index contributed by atoms with van der Waals surface area (Å²) in [6, 6.07) is 0. The largest absolute Gasteiger partial charge is 0.363 e. The summed E-state index contributed by atoms with van der Waals surface area (Å²) in [5, 5.41) is 7.34. The van der Waals surface area contributed by atoms with E-state index in [9.17, 15) is 0 Å². The number of unbranched alkanes of at least 4 members (excludes halogenated alkanes) is 1. The third kappa shape index (κ3) is 5.33. The summed E-state index contributed by atoms with van der Waals surface area (Å²) >= 11 is 5.20. The van der Waals surface area contributed by atoms with Gasteiger partial charge >= 0.3 is 0 Å². The molecule has 0 saturated carbocycles. The van der Waals surface area contributed by atoms with Crippen molar-refractivity contribution in [3.8, 4) is 0 Å². The maximum atomic E-state index is 5.20. The molecule has 0 aliphatic carbocycles. The molecule has 0 aromatic heterocycles. The van der Waals surface area contributed by atoms with E-state index in [0.29, 0.717) is 0 Å². The highest BCUT2D eigenvalue weighted by atomic mass is 32.1. The highest BCUT2D eigenvalue weighted by molar-refractivity contribution is 7.80. The van der Waals surface area contributed by atoms with E-state index in [-0.39, 0.29) is 0 Å². The minimum absolute atomic E-state index is 0.765. The standard InChI is InChI=1S/C11H23N3S/c1-3-4-6-12-11(15)13-8-10-5-7-14(2)9-10/h10H,3-9H2,1-2H3,(H2,12,13,15). The summed E-state index contributed by atoms with van der Waals surface area (Å²) in [6.45, 7) is 6.62. The average molecular weight is 229 g/mol. The van der Waals surface area contributed by atoms with Crippen LogP contribution in [0.4, 0.5) is 0 Å². The topological polar surface area (TPSA) is 27.3 Å². The Labute approximate surface area is 98.6 Å². The van der Waals surface area contributed by atoms with Gasteiger partial charge < -0.3 is 15.5 Å². The van der Waals surface area contributed by atoms with Crippen LogP contribution in [0.25, 0.3) is 0 Å². The fraction of sp³-hybridized carbons (Fsp3) is 0.909. The lowest BCUT2D eigenvalue weighted by molar-refractivity contribution is 0.394. The van der Waals surface area contributed by atoms with Crippen molar-refractivity contribution in [3.63, 3.8) is 0 Å². The quantitative estimate of drug-likeness (QED) is 0.547. The zero-order valence-corrected chi connectivity index (χ0v) is 10.7. The number of likely N-dealkylation sites (tertiary alicyclic amines) is 1. The van der Waals surface area contributed by atoms with Gasteiger partial charge in [-0.25, -0.2) is 0 Å². The Balaban J connectivity index is 2.01. The molecule has 1 heterocycles. The van der Waals surface area contributed by atoms with E-state index in [1.807, 2.05) is 0 Å². The van der Waals surface area contributed by atoms with Crippen LogP contribution in [0.15, 0.2) is 0 Å². The molecule has 1 saturated heterocycles. The Bertz CT molecular complexity index is 196. The second-order valence-corrected chi connectivity index (χ2v) is 4.82. The Morgan fingerprint density at radius 3 is 2.87 bits per heavy atom. The first-order chi connectivity index (χ1) is 7.22. The molecule has 1 fully saturated rings. The first-order valence-electron chi connectivity index (χ1n) is 5.92. The first kappa shape index (κ1) is 12.7. The lowest BCUT2D eigenvalue weighted by atomic mass is 10.1. The van der Waals surface area contributed by atoms with Crippen LogP contribution in [0.1, 0.15) is 26.2 Å². The van der Waals surface area contributed by atoms with Crippen molar-refractivity contribution in [2.45, 2.75) is 26.2 Å². The highest BCUT2D eigenvalue weighted by Gasteiger charge is 2.18. The number of nitrogens with one attached hydrogen (secondary N) is 2. The van der Waals surface area contributed by atoms with Gasteiger partial charge in [0.05, 0.1) is 0 Å². The lowest BCUT2D eigenvalue weighted by Gasteiger charge is -2.14. The highest BCUT2D eigenvalue weighted by Crippen LogP contribution is 2.12. The molecular weight excluding hydrogens is 206 g/mol. The van der Waals surface area contributed by atoms with E-state index >= 15 is 0 Å². The molecule has 4 heteroatoms. The summed E-state index contributed by atoms with van der Waals surface area (Å²) in [7, 11) is 2.18. The van der Waals surface area contributed by atoms with Gasteiger partial charge in [-0.3, -0.25) is 0 Å². The molecule has 2 N–H and O–H groups in total. The fourth-order valence-electron chi connectivity index (χ4n) is 1.87. The molecule has 3 nitrogen and oxygen atoms in total. The SMILES string of the molecule is CCCCNC(=S)NCC1CCN(C)C1. The van der Waals surface area contributed by atoms with Crippen molar-refractivity contribution >= 4 is 17.3 Å². The number of hydrogen-bond acceptors (Lipinski definition) is 2. The summed E-state index contributed by atoms with van der Waals surface area (Å²) in [4.78, 5) is 2.37. The van der Waals surface area contributed by atoms with E-state index in [1.165, 1.54) is 32.4 Å². The Hall–Kier alpha value is -0.350. The van der Waals surface area contributed by atoms with Crippen LogP contribution < -0.4 is 10.6 Å². The number of nitrogens with zero attached hydrogens (tertiary/aromatic N) is 1. The Morgan fingerprint density at radius 2 is 2.27 bits per heavy atom. The molecule has 1 atom stereocenters. The van der Waals surface area contributed by atoms with Crippen LogP contribution >= 0.6 is 12.2 Å². The number of thiocarbonyl (C=S) groups is 1. The van der Waals surface area contributed by atoms with Gasteiger partial charge in [0.1, 0.15) is 0 Å². The number of hydrogen-bond donors (Lipinski definition) is 2. The molecule has 1 aliphatic rings. The summed E-state index contributed by atoms with van der Waals surface area (Å²) in [5.74, 6) is 0.765. The van der Waals surface area contributed by atoms with Crippen LogP contribution in [0.2, 0.25) is 0 Å². The molecule has 1 aliphatic heterocycles. The van der Waals surface area contributed by atoms with Gasteiger partial charge in [-0.1, -0.05) is 13.3 Å². The summed E-state index contributed by atoms with van der Waals surface area (Å²) in [5.41, 5.74) is 0. The van der Waals surface area contributed by atoms with Gasteiger partial charge in [0.2, 0.25) is 0 Å². The molecule has 15 heavy (non-hydrogen) atoms. The van der Waals surface area contributed by atoms with Crippen molar-refractivity contribution in [2.24, 2.45) is 5.92 Å². The minimum atomic E-state index is 0.765. The van der Waals surface area contributed by atoms with Gasteiger partial charge in [-0.05, 0) is 44.6 Å². The van der Waals surface area contributed by atoms with Crippen molar-refractivity contribution in [3.05, 3.63) is 0 Å². The number of rotatable bonds is 5. The molecule has 88 valence electrons. The normalized spacial score (nSPS) is 21.6. The molecular formula is C11H23N3S. The van der Waals surface area contributed by atoms with Crippen LogP contribution in [-0.2, 0) is 0 Å². The Kier molecular flexibility index (Phi) is 5.95. The van der Waals surface area contributed by atoms with Crippen molar-refractivity contribution in [2.75, 3.05) is 33.2 Å². The summed E-state index contributed by atoms with van der Waals surface area (Å²) in [6.07, 6.45) is 3.69. The van der Waals surface area contributed by atoms with E-state index in [2.05, 4.69) is 29.5 Å². The van der Waals surface area contributed by atoms with Crippen molar-refractivity contribution in [1.29, 1.82) is 0 Å². The van der Waals surface area contributed by atoms with Crippen LogP contribution in [0.5, 0.6) is 0 Å². The molecule has 1 rings (SSSR count). The second-order valence-electron chi connectivity index (χ2n) is 4.41. The zero-order valence-electron chi connectivity index (χ0n) is 9.88. The average Bonchev–Trinajstić information content (AvgIpc) is 2.62. The monoisotopic (exact) mass is 229 g/mol. The molecule has 0 bridgehead atoms. The van der Waals surface area contributed by atoms with Crippen molar-refractivity contribution < 1.29 is 0 Å². The van der Waals surface area contributed by atoms with E-state index < -0.39 is 0 Å². The van der Waals surface area contributed by atoms with Crippen molar-refractivity contribution in [1.82, 2.24) is 15.5 Å². The molecule has 0 amide bonds. The fourth-order valence-corrected chi connectivity index (χ4v) is 2.06. The second kappa shape index (κ2) is 7.01. The van der Waals surface area contributed by atoms with Crippen LogP contribution in [0, 0.1) is 5.92 Å². The van der Waals surface area contributed by atoms with Gasteiger partial charge in [-0.15, -0.1) is 0 Å². The van der Waals surface area contributed by atoms with E-state index in [4.69, 9.17) is 12.2 Å². The predicted molar refractivity (Wildman–Crippen MR) is 69.1 cm³/mol. The molecule has 0 aromatic rings. The summed E-state index contributed by atoms with van der Waals surface area (Å²) < 4.78 is 0. The van der Waals surface area contributed by atoms with Gasteiger partial charge in [0, 0.05) is 19.6 Å². The third-order valence-corrected chi connectivity index (χ3v) is 3.14. The van der Waals surface area contributed by atoms with Gasteiger partial charge in [0.15, 0.2) is 5.11 Å². The smallest absolute Gasteiger partial charge is 0.166 e. The van der Waals surface area contributed by atoms with Crippen LogP contribution in [0.3, 0.4) is 0 Å². The zero-order chi connectivity index (χ0) is 11.1. The van der Waals surface area contributed by atoms with E-state index in [1.54, 1.807) is 0 Å². The third-order valence-electron chi connectivity index (χ3n) is 2.86. The lowest BCUT2D eigenvalue weighted by Crippen LogP contribution is -2.38. The van der Waals surface area contributed by atoms with Gasteiger partial charge in [-0.2, -0.15) is 0 Å².